The first-order valence-electron chi connectivity index (χ1n) is 7.87. The monoisotopic (exact) mass is 345 g/mol. The standard InChI is InChI=1S/C18H23N3O4/c1-23-15-10-17(25-3)16(24-2)9-14(15)12-20-7-8-21-18(22)13-5-4-6-19-11-13/h4-6,9-11,20H,7-8,12H2,1-3H3,(H,21,22). The molecule has 134 valence electrons. The second kappa shape index (κ2) is 9.48. The molecular weight excluding hydrogens is 322 g/mol. The Kier molecular flexibility index (Phi) is 7.03. The van der Waals surface area contributed by atoms with Crippen LogP contribution in [0.1, 0.15) is 15.9 Å². The number of carbonyl (C=O) groups is 1. The Bertz CT molecular complexity index is 692. The number of nitrogens with one attached hydrogen (secondary N) is 2. The van der Waals surface area contributed by atoms with Crippen LogP contribution in [0.25, 0.3) is 0 Å². The zero-order valence-corrected chi connectivity index (χ0v) is 14.7. The molecule has 0 radical (unpaired) electrons. The quantitative estimate of drug-likeness (QED) is 0.672. The molecule has 1 amide bonds. The second-order valence-corrected chi connectivity index (χ2v) is 5.19. The normalized spacial score (nSPS) is 10.2. The van der Waals surface area contributed by atoms with E-state index >= 15 is 0 Å². The van der Waals surface area contributed by atoms with Crippen LogP contribution in [0.3, 0.4) is 0 Å². The third-order valence-electron chi connectivity index (χ3n) is 3.61. The van der Waals surface area contributed by atoms with E-state index in [9.17, 15) is 4.79 Å². The van der Waals surface area contributed by atoms with Crippen molar-refractivity contribution in [3.63, 3.8) is 0 Å². The van der Waals surface area contributed by atoms with Gasteiger partial charge in [-0.2, -0.15) is 0 Å². The number of hydrogen-bond donors (Lipinski definition) is 2. The van der Waals surface area contributed by atoms with Gasteiger partial charge in [0.1, 0.15) is 5.75 Å². The van der Waals surface area contributed by atoms with Crippen molar-refractivity contribution < 1.29 is 19.0 Å². The molecular formula is C18H23N3O4. The fourth-order valence-corrected chi connectivity index (χ4v) is 2.32. The van der Waals surface area contributed by atoms with E-state index in [1.807, 2.05) is 6.07 Å². The lowest BCUT2D eigenvalue weighted by Gasteiger charge is -2.14. The van der Waals surface area contributed by atoms with Gasteiger partial charge in [0, 0.05) is 43.7 Å². The van der Waals surface area contributed by atoms with Crippen LogP contribution in [0, 0.1) is 0 Å². The molecule has 2 aromatic rings. The number of benzene rings is 1. The highest BCUT2D eigenvalue weighted by Gasteiger charge is 2.11. The van der Waals surface area contributed by atoms with Crippen LogP contribution >= 0.6 is 0 Å². The minimum atomic E-state index is -0.140. The van der Waals surface area contributed by atoms with E-state index in [0.717, 1.165) is 5.56 Å². The Morgan fingerprint density at radius 3 is 2.40 bits per heavy atom. The summed E-state index contributed by atoms with van der Waals surface area (Å²) in [6.45, 7) is 1.69. The molecule has 0 bridgehead atoms. The lowest BCUT2D eigenvalue weighted by molar-refractivity contribution is 0.0953. The molecule has 7 heteroatoms. The lowest BCUT2D eigenvalue weighted by atomic mass is 10.1. The van der Waals surface area contributed by atoms with Gasteiger partial charge in [0.05, 0.1) is 26.9 Å². The molecule has 7 nitrogen and oxygen atoms in total. The van der Waals surface area contributed by atoms with Crippen molar-refractivity contribution in [1.29, 1.82) is 0 Å². The van der Waals surface area contributed by atoms with Gasteiger partial charge in [-0.3, -0.25) is 9.78 Å². The summed E-state index contributed by atoms with van der Waals surface area (Å²) in [5.41, 5.74) is 1.49. The number of amides is 1. The fourth-order valence-electron chi connectivity index (χ4n) is 2.32. The molecule has 0 aliphatic rings. The van der Waals surface area contributed by atoms with Gasteiger partial charge < -0.3 is 24.8 Å². The molecule has 1 aromatic carbocycles. The average molecular weight is 345 g/mol. The maximum atomic E-state index is 11.9. The first-order valence-corrected chi connectivity index (χ1v) is 7.87. The van der Waals surface area contributed by atoms with Crippen molar-refractivity contribution >= 4 is 5.91 Å². The number of pyridine rings is 1. The summed E-state index contributed by atoms with van der Waals surface area (Å²) >= 11 is 0. The molecule has 0 saturated carbocycles. The van der Waals surface area contributed by atoms with Crippen molar-refractivity contribution in [3.8, 4) is 17.2 Å². The van der Waals surface area contributed by atoms with Gasteiger partial charge in [0.2, 0.25) is 0 Å². The molecule has 2 rings (SSSR count). The summed E-state index contributed by atoms with van der Waals surface area (Å²) in [5, 5.41) is 6.10. The molecule has 0 spiro atoms. The Morgan fingerprint density at radius 1 is 1.04 bits per heavy atom. The van der Waals surface area contributed by atoms with E-state index in [0.29, 0.717) is 42.4 Å². The fraction of sp³-hybridized carbons (Fsp3) is 0.333. The Hall–Kier alpha value is -2.80. The zero-order chi connectivity index (χ0) is 18.1. The number of methoxy groups -OCH3 is 3. The smallest absolute Gasteiger partial charge is 0.252 e. The summed E-state index contributed by atoms with van der Waals surface area (Å²) < 4.78 is 16.0. The summed E-state index contributed by atoms with van der Waals surface area (Å²) in [5.74, 6) is 1.83. The summed E-state index contributed by atoms with van der Waals surface area (Å²) in [6, 6.07) is 7.12. The van der Waals surface area contributed by atoms with Crippen molar-refractivity contribution in [3.05, 3.63) is 47.8 Å². The van der Waals surface area contributed by atoms with Crippen molar-refractivity contribution in [2.24, 2.45) is 0 Å². The third kappa shape index (κ3) is 5.09. The van der Waals surface area contributed by atoms with E-state index in [4.69, 9.17) is 14.2 Å². The highest BCUT2D eigenvalue weighted by molar-refractivity contribution is 5.93. The number of aromatic nitrogens is 1. The highest BCUT2D eigenvalue weighted by atomic mass is 16.5. The van der Waals surface area contributed by atoms with Gasteiger partial charge in [-0.1, -0.05) is 0 Å². The van der Waals surface area contributed by atoms with Crippen LogP contribution in [0.15, 0.2) is 36.7 Å². The van der Waals surface area contributed by atoms with E-state index in [1.54, 1.807) is 45.7 Å². The van der Waals surface area contributed by atoms with Crippen LogP contribution in [-0.4, -0.2) is 45.3 Å². The van der Waals surface area contributed by atoms with Crippen LogP contribution in [-0.2, 0) is 6.54 Å². The highest BCUT2D eigenvalue weighted by Crippen LogP contribution is 2.34. The van der Waals surface area contributed by atoms with E-state index in [1.165, 1.54) is 6.20 Å². The van der Waals surface area contributed by atoms with Crippen molar-refractivity contribution in [1.82, 2.24) is 15.6 Å². The number of rotatable bonds is 9. The molecule has 0 saturated heterocycles. The topological polar surface area (TPSA) is 81.7 Å². The van der Waals surface area contributed by atoms with Gasteiger partial charge in [0.15, 0.2) is 11.5 Å². The predicted octanol–water partition coefficient (Wildman–Crippen LogP) is 1.63. The Balaban J connectivity index is 1.84. The number of carbonyl (C=O) groups excluding carboxylic acids is 1. The SMILES string of the molecule is COc1cc(OC)c(OC)cc1CNCCNC(=O)c1cccnc1. The van der Waals surface area contributed by atoms with Gasteiger partial charge in [-0.05, 0) is 18.2 Å². The van der Waals surface area contributed by atoms with Crippen molar-refractivity contribution in [2.75, 3.05) is 34.4 Å². The maximum absolute atomic E-state index is 11.9. The molecule has 1 heterocycles. The largest absolute Gasteiger partial charge is 0.496 e. The molecule has 2 N–H and O–H groups in total. The molecule has 0 aliphatic carbocycles. The van der Waals surface area contributed by atoms with Gasteiger partial charge in [-0.15, -0.1) is 0 Å². The lowest BCUT2D eigenvalue weighted by Crippen LogP contribution is -2.31. The van der Waals surface area contributed by atoms with Gasteiger partial charge in [-0.25, -0.2) is 0 Å². The summed E-state index contributed by atoms with van der Waals surface area (Å²) in [6.07, 6.45) is 3.17. The van der Waals surface area contributed by atoms with E-state index in [-0.39, 0.29) is 5.91 Å². The first kappa shape index (κ1) is 18.5. The molecule has 0 fully saturated rings. The molecule has 0 unspecified atom stereocenters. The van der Waals surface area contributed by atoms with E-state index < -0.39 is 0 Å². The van der Waals surface area contributed by atoms with Crippen LogP contribution in [0.2, 0.25) is 0 Å². The molecule has 25 heavy (non-hydrogen) atoms. The minimum absolute atomic E-state index is 0.140. The Labute approximate surface area is 147 Å². The number of nitrogens with zero attached hydrogens (tertiary/aromatic N) is 1. The Morgan fingerprint density at radius 2 is 1.76 bits per heavy atom. The molecule has 1 aromatic heterocycles. The molecule has 0 aliphatic heterocycles. The number of ether oxygens (including phenoxy) is 3. The summed E-state index contributed by atoms with van der Waals surface area (Å²) in [4.78, 5) is 15.8. The van der Waals surface area contributed by atoms with E-state index in [2.05, 4.69) is 15.6 Å². The van der Waals surface area contributed by atoms with Gasteiger partial charge in [0.25, 0.3) is 5.91 Å². The van der Waals surface area contributed by atoms with Gasteiger partial charge >= 0.3 is 0 Å². The number of hydrogen-bond acceptors (Lipinski definition) is 6. The van der Waals surface area contributed by atoms with Crippen LogP contribution in [0.5, 0.6) is 17.2 Å². The zero-order valence-electron chi connectivity index (χ0n) is 14.7. The minimum Gasteiger partial charge on any atom is -0.496 e. The third-order valence-corrected chi connectivity index (χ3v) is 3.61. The second-order valence-electron chi connectivity index (χ2n) is 5.19. The first-order chi connectivity index (χ1) is 12.2. The van der Waals surface area contributed by atoms with Crippen LogP contribution in [0.4, 0.5) is 0 Å². The summed E-state index contributed by atoms with van der Waals surface area (Å²) in [7, 11) is 4.79. The average Bonchev–Trinajstić information content (AvgIpc) is 2.67. The van der Waals surface area contributed by atoms with Crippen molar-refractivity contribution in [2.45, 2.75) is 6.54 Å². The predicted molar refractivity (Wildman–Crippen MR) is 94.4 cm³/mol. The maximum Gasteiger partial charge on any atom is 0.252 e. The van der Waals surface area contributed by atoms with Crippen LogP contribution < -0.4 is 24.8 Å². The molecule has 0 atom stereocenters.